The lowest BCUT2D eigenvalue weighted by Gasteiger charge is -2.47. The van der Waals surface area contributed by atoms with Crippen molar-refractivity contribution < 1.29 is 0 Å². The average Bonchev–Trinajstić information content (AvgIpc) is 3.19. The molecule has 0 heterocycles. The Morgan fingerprint density at radius 3 is 1.47 bits per heavy atom. The predicted octanol–water partition coefficient (Wildman–Crippen LogP) is 6.10. The molecule has 0 N–H and O–H groups in total. The fourth-order valence-electron chi connectivity index (χ4n) is 6.19. The molecule has 0 aromatic carbocycles. The lowest BCUT2D eigenvalue weighted by Crippen LogP contribution is -2.35. The minimum atomic E-state index is 0.829. The van der Waals surface area contributed by atoms with E-state index in [1.54, 1.807) is 89.9 Å². The van der Waals surface area contributed by atoms with Crippen LogP contribution in [0.2, 0.25) is 0 Å². The molecule has 0 aromatic heterocycles. The van der Waals surface area contributed by atoms with Gasteiger partial charge in [0.25, 0.3) is 0 Å². The van der Waals surface area contributed by atoms with Gasteiger partial charge in [0.2, 0.25) is 0 Å². The first-order chi connectivity index (χ1) is 9.29. The smallest absolute Gasteiger partial charge is 0.0294 e. The first kappa shape index (κ1) is 12.7. The van der Waals surface area contributed by atoms with Crippen LogP contribution >= 0.6 is 0 Å². The van der Waals surface area contributed by atoms with Crippen molar-refractivity contribution in [2.24, 2.45) is 22.7 Å². The van der Waals surface area contributed by atoms with Gasteiger partial charge in [0, 0.05) is 0 Å². The molecule has 108 valence electrons. The Hall–Kier alpha value is 0. The quantitative estimate of drug-likeness (QED) is 0.534. The third kappa shape index (κ3) is 2.49. The van der Waals surface area contributed by atoms with Gasteiger partial charge in [0.05, 0.1) is 0 Å². The maximum absolute atomic E-state index is 1.63. The molecule has 2 spiro atoms. The molecule has 0 aromatic rings. The summed E-state index contributed by atoms with van der Waals surface area (Å²) in [6.45, 7) is 0. The Kier molecular flexibility index (Phi) is 3.20. The summed E-state index contributed by atoms with van der Waals surface area (Å²) in [5, 5.41) is 0. The molecule has 19 heavy (non-hydrogen) atoms. The van der Waals surface area contributed by atoms with E-state index in [2.05, 4.69) is 0 Å². The minimum absolute atomic E-state index is 0.829. The zero-order valence-electron chi connectivity index (χ0n) is 12.8. The third-order valence-electron chi connectivity index (χ3n) is 7.49. The Morgan fingerprint density at radius 1 is 0.474 bits per heavy atom. The number of rotatable bonds is 1. The summed E-state index contributed by atoms with van der Waals surface area (Å²) in [5.41, 5.74) is 1.72. The summed E-state index contributed by atoms with van der Waals surface area (Å²) in [6, 6.07) is 0. The minimum Gasteiger partial charge on any atom is -0.0533 e. The predicted molar refractivity (Wildman–Crippen MR) is 81.1 cm³/mol. The van der Waals surface area contributed by atoms with Gasteiger partial charge >= 0.3 is 0 Å². The van der Waals surface area contributed by atoms with Gasteiger partial charge < -0.3 is 0 Å². The molecule has 2 unspecified atom stereocenters. The molecule has 0 saturated heterocycles. The maximum Gasteiger partial charge on any atom is -0.0294 e. The van der Waals surface area contributed by atoms with Crippen LogP contribution in [0.4, 0.5) is 0 Å². The highest BCUT2D eigenvalue weighted by atomic mass is 14.5. The zero-order chi connectivity index (χ0) is 12.8. The lowest BCUT2D eigenvalue weighted by molar-refractivity contribution is 0.0432. The molecular formula is C19H32. The lowest BCUT2D eigenvalue weighted by atomic mass is 9.58. The van der Waals surface area contributed by atoms with E-state index in [1.165, 1.54) is 6.42 Å². The standard InChI is InChI=1S/C19H32/c1-2-8-18(9-3-1)10-4-6-16(14-18)17-7-5-11-19(15-17)12-13-19/h16-17H,1-15H2. The summed E-state index contributed by atoms with van der Waals surface area (Å²) in [7, 11) is 0. The fraction of sp³-hybridized carbons (Fsp3) is 1.00. The summed E-state index contributed by atoms with van der Waals surface area (Å²) in [5.74, 6) is 2.26. The van der Waals surface area contributed by atoms with Crippen molar-refractivity contribution >= 4 is 0 Å². The molecule has 0 heteroatoms. The normalized spacial score (nSPS) is 40.4. The van der Waals surface area contributed by atoms with Crippen molar-refractivity contribution in [3.05, 3.63) is 0 Å². The highest BCUT2D eigenvalue weighted by Gasteiger charge is 2.48. The Labute approximate surface area is 119 Å². The van der Waals surface area contributed by atoms with Crippen LogP contribution in [0.25, 0.3) is 0 Å². The van der Waals surface area contributed by atoms with Gasteiger partial charge in [-0.1, -0.05) is 44.9 Å². The zero-order valence-corrected chi connectivity index (χ0v) is 12.8. The molecule has 4 aliphatic carbocycles. The fourth-order valence-corrected chi connectivity index (χ4v) is 6.19. The first-order valence-electron chi connectivity index (χ1n) is 9.29. The Bertz CT molecular complexity index is 313. The summed E-state index contributed by atoms with van der Waals surface area (Å²) in [4.78, 5) is 0. The van der Waals surface area contributed by atoms with Crippen molar-refractivity contribution in [2.75, 3.05) is 0 Å². The van der Waals surface area contributed by atoms with Crippen molar-refractivity contribution in [3.8, 4) is 0 Å². The van der Waals surface area contributed by atoms with Crippen LogP contribution in [-0.2, 0) is 0 Å². The monoisotopic (exact) mass is 260 g/mol. The molecule has 4 saturated carbocycles. The van der Waals surface area contributed by atoms with Crippen LogP contribution in [0, 0.1) is 22.7 Å². The van der Waals surface area contributed by atoms with Gasteiger partial charge in [0.1, 0.15) is 0 Å². The van der Waals surface area contributed by atoms with Crippen LogP contribution in [0.1, 0.15) is 96.3 Å². The molecule has 0 amide bonds. The average molecular weight is 260 g/mol. The van der Waals surface area contributed by atoms with Crippen LogP contribution in [0.3, 0.4) is 0 Å². The van der Waals surface area contributed by atoms with E-state index >= 15 is 0 Å². The molecule has 2 atom stereocenters. The van der Waals surface area contributed by atoms with Gasteiger partial charge in [-0.2, -0.15) is 0 Å². The van der Waals surface area contributed by atoms with Crippen LogP contribution in [0.15, 0.2) is 0 Å². The van der Waals surface area contributed by atoms with Crippen molar-refractivity contribution in [2.45, 2.75) is 96.3 Å². The van der Waals surface area contributed by atoms with Gasteiger partial charge in [-0.15, -0.1) is 0 Å². The second-order valence-electron chi connectivity index (χ2n) is 8.77. The molecule has 0 bridgehead atoms. The SMILES string of the molecule is C1CCC2(CC1)CCCC(C1CCCC3(CC3)C1)C2. The molecule has 4 rings (SSSR count). The van der Waals surface area contributed by atoms with Crippen LogP contribution in [0.5, 0.6) is 0 Å². The van der Waals surface area contributed by atoms with E-state index in [0.29, 0.717) is 0 Å². The van der Waals surface area contributed by atoms with Gasteiger partial charge in [-0.25, -0.2) is 0 Å². The van der Waals surface area contributed by atoms with Gasteiger partial charge in [-0.3, -0.25) is 0 Å². The topological polar surface area (TPSA) is 0 Å². The summed E-state index contributed by atoms with van der Waals surface area (Å²) >= 11 is 0. The van der Waals surface area contributed by atoms with E-state index in [1.807, 2.05) is 0 Å². The molecule has 0 aliphatic heterocycles. The molecule has 4 fully saturated rings. The second-order valence-corrected chi connectivity index (χ2v) is 8.77. The molecule has 4 aliphatic rings. The highest BCUT2D eigenvalue weighted by Crippen LogP contribution is 2.61. The van der Waals surface area contributed by atoms with E-state index in [-0.39, 0.29) is 0 Å². The summed E-state index contributed by atoms with van der Waals surface area (Å²) < 4.78 is 0. The summed E-state index contributed by atoms with van der Waals surface area (Å²) in [6.07, 6.45) is 23.7. The first-order valence-corrected chi connectivity index (χ1v) is 9.29. The van der Waals surface area contributed by atoms with Crippen molar-refractivity contribution in [1.82, 2.24) is 0 Å². The van der Waals surface area contributed by atoms with Gasteiger partial charge in [-0.05, 0) is 74.0 Å². The largest absolute Gasteiger partial charge is 0.0533 e. The Morgan fingerprint density at radius 2 is 0.947 bits per heavy atom. The third-order valence-corrected chi connectivity index (χ3v) is 7.49. The number of hydrogen-bond donors (Lipinski definition) is 0. The van der Waals surface area contributed by atoms with E-state index in [9.17, 15) is 0 Å². The van der Waals surface area contributed by atoms with Crippen LogP contribution < -0.4 is 0 Å². The molecule has 0 nitrogen and oxygen atoms in total. The van der Waals surface area contributed by atoms with E-state index in [0.717, 1.165) is 22.7 Å². The van der Waals surface area contributed by atoms with Crippen LogP contribution in [-0.4, -0.2) is 0 Å². The highest BCUT2D eigenvalue weighted by molar-refractivity contribution is 5.00. The Balaban J connectivity index is 1.43. The maximum atomic E-state index is 1.63. The van der Waals surface area contributed by atoms with E-state index in [4.69, 9.17) is 0 Å². The van der Waals surface area contributed by atoms with Crippen molar-refractivity contribution in [1.29, 1.82) is 0 Å². The molecule has 0 radical (unpaired) electrons. The molecular weight excluding hydrogens is 228 g/mol. The van der Waals surface area contributed by atoms with E-state index < -0.39 is 0 Å². The second kappa shape index (κ2) is 4.78. The number of hydrogen-bond acceptors (Lipinski definition) is 0. The van der Waals surface area contributed by atoms with Crippen molar-refractivity contribution in [3.63, 3.8) is 0 Å². The van der Waals surface area contributed by atoms with Gasteiger partial charge in [0.15, 0.2) is 0 Å².